The van der Waals surface area contributed by atoms with Gasteiger partial charge in [0.05, 0.1) is 33.1 Å². The largest absolute Gasteiger partial charge is 0.497 e. The lowest BCUT2D eigenvalue weighted by molar-refractivity contribution is -0.111. The molecule has 1 N–H and O–H groups in total. The molecule has 0 saturated heterocycles. The molecule has 0 radical (unpaired) electrons. The minimum absolute atomic E-state index is 0.282. The molecule has 6 heteroatoms. The highest BCUT2D eigenvalue weighted by atomic mass is 16.5. The second kappa shape index (κ2) is 10.9. The van der Waals surface area contributed by atoms with E-state index in [1.165, 1.54) is 6.08 Å². The van der Waals surface area contributed by atoms with E-state index in [1.54, 1.807) is 38.5 Å². The molecule has 0 aliphatic carbocycles. The Hall–Kier alpha value is -3.15. The summed E-state index contributed by atoms with van der Waals surface area (Å²) in [6, 6.07) is 10.8. The third-order valence-electron chi connectivity index (χ3n) is 3.82. The molecule has 0 unspecified atom stereocenters. The maximum Gasteiger partial charge on any atom is 0.248 e. The van der Waals surface area contributed by atoms with Crippen molar-refractivity contribution in [2.45, 2.75) is 20.3 Å². The molecule has 0 bridgehead atoms. The maximum absolute atomic E-state index is 12.3. The monoisotopic (exact) mass is 385 g/mol. The molecule has 0 aliphatic heterocycles. The van der Waals surface area contributed by atoms with E-state index in [2.05, 4.69) is 5.32 Å². The van der Waals surface area contributed by atoms with E-state index in [9.17, 15) is 4.79 Å². The fourth-order valence-electron chi connectivity index (χ4n) is 2.49. The number of nitrogens with one attached hydrogen (secondary N) is 1. The fourth-order valence-corrected chi connectivity index (χ4v) is 2.49. The summed E-state index contributed by atoms with van der Waals surface area (Å²) >= 11 is 0. The van der Waals surface area contributed by atoms with Gasteiger partial charge in [-0.25, -0.2) is 0 Å². The Balaban J connectivity index is 2.12. The van der Waals surface area contributed by atoms with Crippen LogP contribution < -0.4 is 24.3 Å². The molecule has 2 aromatic rings. The number of carbonyl (C=O) groups is 1. The predicted octanol–water partition coefficient (Wildman–Crippen LogP) is 4.54. The van der Waals surface area contributed by atoms with Crippen LogP contribution in [-0.4, -0.2) is 33.3 Å². The summed E-state index contributed by atoms with van der Waals surface area (Å²) in [7, 11) is 3.11. The minimum Gasteiger partial charge on any atom is -0.497 e. The van der Waals surface area contributed by atoms with E-state index in [-0.39, 0.29) is 5.91 Å². The predicted molar refractivity (Wildman–Crippen MR) is 111 cm³/mol. The zero-order chi connectivity index (χ0) is 20.4. The van der Waals surface area contributed by atoms with E-state index in [0.29, 0.717) is 41.9 Å². The molecule has 6 nitrogen and oxygen atoms in total. The standard InChI is InChI=1S/C22H27NO5/c1-5-13-28-20-10-7-16(14-21(20)27-6-2)8-12-22(24)23-18-15-17(25-3)9-11-19(18)26-4/h7-12,14-15H,5-6,13H2,1-4H3,(H,23,24)/b12-8+. The quantitative estimate of drug-likeness (QED) is 0.608. The number of hydrogen-bond acceptors (Lipinski definition) is 5. The molecule has 0 aromatic heterocycles. The first-order valence-electron chi connectivity index (χ1n) is 9.22. The van der Waals surface area contributed by atoms with Crippen LogP contribution in [0.25, 0.3) is 6.08 Å². The van der Waals surface area contributed by atoms with Crippen LogP contribution >= 0.6 is 0 Å². The molecule has 0 saturated carbocycles. The number of amides is 1. The third-order valence-corrected chi connectivity index (χ3v) is 3.82. The van der Waals surface area contributed by atoms with E-state index in [0.717, 1.165) is 12.0 Å². The van der Waals surface area contributed by atoms with Crippen molar-refractivity contribution < 1.29 is 23.7 Å². The van der Waals surface area contributed by atoms with Gasteiger partial charge in [-0.15, -0.1) is 0 Å². The summed E-state index contributed by atoms with van der Waals surface area (Å²) in [4.78, 5) is 12.3. The van der Waals surface area contributed by atoms with Crippen LogP contribution in [0.4, 0.5) is 5.69 Å². The van der Waals surface area contributed by atoms with Crippen LogP contribution in [0.15, 0.2) is 42.5 Å². The number of hydrogen-bond donors (Lipinski definition) is 1. The number of methoxy groups -OCH3 is 2. The Kier molecular flexibility index (Phi) is 8.21. The summed E-state index contributed by atoms with van der Waals surface area (Å²) in [5.74, 6) is 2.26. The molecule has 1 amide bonds. The van der Waals surface area contributed by atoms with E-state index in [4.69, 9.17) is 18.9 Å². The summed E-state index contributed by atoms with van der Waals surface area (Å²) in [6.45, 7) is 5.13. The normalized spacial score (nSPS) is 10.6. The number of ether oxygens (including phenoxy) is 4. The smallest absolute Gasteiger partial charge is 0.248 e. The van der Waals surface area contributed by atoms with Gasteiger partial charge in [0.15, 0.2) is 11.5 Å². The number of anilines is 1. The van der Waals surface area contributed by atoms with Gasteiger partial charge in [-0.05, 0) is 49.2 Å². The van der Waals surface area contributed by atoms with Crippen molar-refractivity contribution >= 4 is 17.7 Å². The highest BCUT2D eigenvalue weighted by Gasteiger charge is 2.08. The van der Waals surface area contributed by atoms with Crippen molar-refractivity contribution in [3.05, 3.63) is 48.0 Å². The molecular formula is C22H27NO5. The highest BCUT2D eigenvalue weighted by Crippen LogP contribution is 2.30. The molecule has 150 valence electrons. The second-order valence-electron chi connectivity index (χ2n) is 5.88. The van der Waals surface area contributed by atoms with Crippen molar-refractivity contribution in [3.8, 4) is 23.0 Å². The van der Waals surface area contributed by atoms with Crippen molar-refractivity contribution in [1.29, 1.82) is 0 Å². The van der Waals surface area contributed by atoms with Crippen LogP contribution in [0.3, 0.4) is 0 Å². The van der Waals surface area contributed by atoms with Gasteiger partial charge in [-0.2, -0.15) is 0 Å². The van der Waals surface area contributed by atoms with E-state index in [1.807, 2.05) is 32.0 Å². The Morgan fingerprint density at radius 2 is 1.75 bits per heavy atom. The van der Waals surface area contributed by atoms with Gasteiger partial charge in [0, 0.05) is 12.1 Å². The van der Waals surface area contributed by atoms with Gasteiger partial charge < -0.3 is 24.3 Å². The third kappa shape index (κ3) is 5.94. The summed E-state index contributed by atoms with van der Waals surface area (Å²) in [5, 5.41) is 2.80. The van der Waals surface area contributed by atoms with Crippen LogP contribution in [0, 0.1) is 0 Å². The summed E-state index contributed by atoms with van der Waals surface area (Å²) in [6.07, 6.45) is 4.09. The van der Waals surface area contributed by atoms with Gasteiger partial charge in [-0.1, -0.05) is 13.0 Å². The van der Waals surface area contributed by atoms with Crippen molar-refractivity contribution in [1.82, 2.24) is 0 Å². The zero-order valence-electron chi connectivity index (χ0n) is 16.8. The molecule has 2 aromatic carbocycles. The lowest BCUT2D eigenvalue weighted by Gasteiger charge is -2.12. The second-order valence-corrected chi connectivity index (χ2v) is 5.88. The molecule has 0 spiro atoms. The maximum atomic E-state index is 12.3. The highest BCUT2D eigenvalue weighted by molar-refractivity contribution is 6.02. The van der Waals surface area contributed by atoms with Gasteiger partial charge in [-0.3, -0.25) is 4.79 Å². The Morgan fingerprint density at radius 1 is 0.964 bits per heavy atom. The van der Waals surface area contributed by atoms with Gasteiger partial charge in [0.2, 0.25) is 5.91 Å². The van der Waals surface area contributed by atoms with Crippen molar-refractivity contribution in [2.24, 2.45) is 0 Å². The van der Waals surface area contributed by atoms with E-state index < -0.39 is 0 Å². The summed E-state index contributed by atoms with van der Waals surface area (Å²) in [5.41, 5.74) is 1.37. The number of benzene rings is 2. The lowest BCUT2D eigenvalue weighted by atomic mass is 10.2. The molecule has 0 fully saturated rings. The molecule has 0 heterocycles. The fraction of sp³-hybridized carbons (Fsp3) is 0.318. The van der Waals surface area contributed by atoms with Crippen LogP contribution in [-0.2, 0) is 4.79 Å². The van der Waals surface area contributed by atoms with Crippen LogP contribution in [0.1, 0.15) is 25.8 Å². The zero-order valence-corrected chi connectivity index (χ0v) is 16.8. The Bertz CT molecular complexity index is 817. The molecule has 0 atom stereocenters. The van der Waals surface area contributed by atoms with E-state index >= 15 is 0 Å². The van der Waals surface area contributed by atoms with Crippen molar-refractivity contribution in [3.63, 3.8) is 0 Å². The van der Waals surface area contributed by atoms with Crippen molar-refractivity contribution in [2.75, 3.05) is 32.8 Å². The topological polar surface area (TPSA) is 66.0 Å². The molecule has 2 rings (SSSR count). The SMILES string of the molecule is CCCOc1ccc(/C=C/C(=O)Nc2cc(OC)ccc2OC)cc1OCC. The first-order chi connectivity index (χ1) is 13.6. The number of rotatable bonds is 10. The first kappa shape index (κ1) is 21.2. The van der Waals surface area contributed by atoms with Gasteiger partial charge in [0.1, 0.15) is 11.5 Å². The average molecular weight is 385 g/mol. The average Bonchev–Trinajstić information content (AvgIpc) is 2.71. The molecular weight excluding hydrogens is 358 g/mol. The minimum atomic E-state index is -0.282. The lowest BCUT2D eigenvalue weighted by Crippen LogP contribution is -2.09. The van der Waals surface area contributed by atoms with Gasteiger partial charge in [0.25, 0.3) is 0 Å². The molecule has 28 heavy (non-hydrogen) atoms. The van der Waals surface area contributed by atoms with Crippen LogP contribution in [0.2, 0.25) is 0 Å². The summed E-state index contributed by atoms with van der Waals surface area (Å²) < 4.78 is 21.8. The molecule has 0 aliphatic rings. The number of carbonyl (C=O) groups excluding carboxylic acids is 1. The first-order valence-corrected chi connectivity index (χ1v) is 9.22. The Morgan fingerprint density at radius 3 is 2.43 bits per heavy atom. The Labute approximate surface area is 166 Å². The van der Waals surface area contributed by atoms with Crippen LogP contribution in [0.5, 0.6) is 23.0 Å². The van der Waals surface area contributed by atoms with Gasteiger partial charge >= 0.3 is 0 Å².